The van der Waals surface area contributed by atoms with Crippen LogP contribution in [0.4, 0.5) is 0 Å². The van der Waals surface area contributed by atoms with Gasteiger partial charge in [0.05, 0.1) is 12.5 Å². The summed E-state index contributed by atoms with van der Waals surface area (Å²) >= 11 is 0. The summed E-state index contributed by atoms with van der Waals surface area (Å²) in [5, 5.41) is 9.78. The first kappa shape index (κ1) is 13.4. The summed E-state index contributed by atoms with van der Waals surface area (Å²) in [7, 11) is 0. The molecule has 1 aliphatic heterocycles. The van der Waals surface area contributed by atoms with E-state index in [1.165, 1.54) is 4.90 Å². The highest BCUT2D eigenvalue weighted by Crippen LogP contribution is 2.31. The molecule has 1 aliphatic rings. The second-order valence-electron chi connectivity index (χ2n) is 5.11. The van der Waals surface area contributed by atoms with Gasteiger partial charge in [-0.15, -0.1) is 0 Å². The Hall–Kier alpha value is -2.62. The topological polar surface area (TPSA) is 57.6 Å². The van der Waals surface area contributed by atoms with Crippen molar-refractivity contribution in [2.24, 2.45) is 0 Å². The number of hydrogen-bond acceptors (Lipinski definition) is 3. The lowest BCUT2D eigenvalue weighted by atomic mass is 9.98. The van der Waals surface area contributed by atoms with Crippen molar-refractivity contribution in [1.82, 2.24) is 4.90 Å². The molecule has 1 atom stereocenters. The van der Waals surface area contributed by atoms with Crippen molar-refractivity contribution >= 4 is 11.8 Å². The minimum atomic E-state index is -0.412. The number of carbonyl (C=O) groups is 2. The molecular weight excluding hydrogens is 266 g/mol. The fourth-order valence-electron chi connectivity index (χ4n) is 2.61. The quantitative estimate of drug-likeness (QED) is 0.879. The van der Waals surface area contributed by atoms with Crippen LogP contribution in [0.25, 0.3) is 0 Å². The molecule has 1 N–H and O–H groups in total. The van der Waals surface area contributed by atoms with Gasteiger partial charge in [-0.25, -0.2) is 0 Å². The molecule has 1 fully saturated rings. The Labute approximate surface area is 122 Å². The fourth-order valence-corrected chi connectivity index (χ4v) is 2.61. The fraction of sp³-hybridized carbons (Fsp3) is 0.176. The van der Waals surface area contributed by atoms with E-state index in [0.717, 1.165) is 5.56 Å². The summed E-state index contributed by atoms with van der Waals surface area (Å²) in [4.78, 5) is 25.8. The molecular formula is C17H15NO3. The SMILES string of the molecule is O=C1CC(c2ccccc2)C(=O)N1Cc1ccccc1O. The second-order valence-corrected chi connectivity index (χ2v) is 5.11. The number of imide groups is 1. The number of likely N-dealkylation sites (tertiary alicyclic amines) is 1. The Kier molecular flexibility index (Phi) is 3.44. The number of carbonyl (C=O) groups excluding carboxylic acids is 2. The van der Waals surface area contributed by atoms with Crippen molar-refractivity contribution < 1.29 is 14.7 Å². The predicted molar refractivity (Wildman–Crippen MR) is 77.5 cm³/mol. The zero-order valence-electron chi connectivity index (χ0n) is 11.4. The van der Waals surface area contributed by atoms with Crippen molar-refractivity contribution in [2.75, 3.05) is 0 Å². The number of rotatable bonds is 3. The van der Waals surface area contributed by atoms with Crippen LogP contribution in [0.3, 0.4) is 0 Å². The van der Waals surface area contributed by atoms with Gasteiger partial charge in [0.25, 0.3) is 0 Å². The second kappa shape index (κ2) is 5.40. The van der Waals surface area contributed by atoms with Crippen molar-refractivity contribution in [3.63, 3.8) is 0 Å². The number of amides is 2. The van der Waals surface area contributed by atoms with Crippen LogP contribution in [-0.2, 0) is 16.1 Å². The molecule has 0 saturated carbocycles. The summed E-state index contributed by atoms with van der Waals surface area (Å²) in [5.74, 6) is -0.711. The number of phenolic OH excluding ortho intramolecular Hbond substituents is 1. The number of aromatic hydroxyl groups is 1. The highest BCUT2D eigenvalue weighted by Gasteiger charge is 2.39. The van der Waals surface area contributed by atoms with E-state index in [1.54, 1.807) is 24.3 Å². The lowest BCUT2D eigenvalue weighted by molar-refractivity contribution is -0.139. The van der Waals surface area contributed by atoms with Gasteiger partial charge >= 0.3 is 0 Å². The van der Waals surface area contributed by atoms with Gasteiger partial charge in [0.2, 0.25) is 11.8 Å². The van der Waals surface area contributed by atoms with Gasteiger partial charge in [-0.1, -0.05) is 48.5 Å². The van der Waals surface area contributed by atoms with Crippen LogP contribution >= 0.6 is 0 Å². The Morgan fingerprint density at radius 2 is 1.67 bits per heavy atom. The number of phenols is 1. The third kappa shape index (κ3) is 2.52. The summed E-state index contributed by atoms with van der Waals surface area (Å²) in [5.41, 5.74) is 1.43. The molecule has 2 amide bonds. The molecule has 106 valence electrons. The Bertz CT molecular complexity index is 681. The van der Waals surface area contributed by atoms with E-state index in [1.807, 2.05) is 30.3 Å². The maximum absolute atomic E-state index is 12.5. The number of para-hydroxylation sites is 1. The minimum Gasteiger partial charge on any atom is -0.508 e. The van der Waals surface area contributed by atoms with E-state index in [2.05, 4.69) is 0 Å². The monoisotopic (exact) mass is 281 g/mol. The van der Waals surface area contributed by atoms with Crippen molar-refractivity contribution in [1.29, 1.82) is 0 Å². The van der Waals surface area contributed by atoms with Gasteiger partial charge in [-0.2, -0.15) is 0 Å². The van der Waals surface area contributed by atoms with Gasteiger partial charge in [-0.3, -0.25) is 14.5 Å². The van der Waals surface area contributed by atoms with Crippen LogP contribution in [0.1, 0.15) is 23.5 Å². The number of nitrogens with zero attached hydrogens (tertiary/aromatic N) is 1. The van der Waals surface area contributed by atoms with Crippen LogP contribution in [0.5, 0.6) is 5.75 Å². The lowest BCUT2D eigenvalue weighted by Gasteiger charge is -2.16. The Balaban J connectivity index is 1.83. The number of hydrogen-bond donors (Lipinski definition) is 1. The van der Waals surface area contributed by atoms with E-state index in [9.17, 15) is 14.7 Å². The molecule has 4 heteroatoms. The molecule has 1 heterocycles. The van der Waals surface area contributed by atoms with Gasteiger partial charge in [0.1, 0.15) is 5.75 Å². The molecule has 21 heavy (non-hydrogen) atoms. The molecule has 0 radical (unpaired) electrons. The van der Waals surface area contributed by atoms with Gasteiger partial charge in [0, 0.05) is 12.0 Å². The molecule has 0 aromatic heterocycles. The first-order valence-corrected chi connectivity index (χ1v) is 6.83. The van der Waals surface area contributed by atoms with Crippen LogP contribution < -0.4 is 0 Å². The third-order valence-corrected chi connectivity index (χ3v) is 3.77. The van der Waals surface area contributed by atoms with E-state index in [-0.39, 0.29) is 30.5 Å². The molecule has 2 aromatic rings. The summed E-state index contributed by atoms with van der Waals surface area (Å²) in [6, 6.07) is 16.1. The van der Waals surface area contributed by atoms with E-state index in [0.29, 0.717) is 5.56 Å². The molecule has 2 aromatic carbocycles. The van der Waals surface area contributed by atoms with Crippen LogP contribution in [-0.4, -0.2) is 21.8 Å². The van der Waals surface area contributed by atoms with E-state index >= 15 is 0 Å². The van der Waals surface area contributed by atoms with Crippen LogP contribution in [0.2, 0.25) is 0 Å². The predicted octanol–water partition coefficient (Wildman–Crippen LogP) is 2.43. The Morgan fingerprint density at radius 1 is 1.00 bits per heavy atom. The highest BCUT2D eigenvalue weighted by atomic mass is 16.3. The molecule has 4 nitrogen and oxygen atoms in total. The minimum absolute atomic E-state index is 0.0984. The Morgan fingerprint density at radius 3 is 2.38 bits per heavy atom. The maximum atomic E-state index is 12.5. The standard InChI is InChI=1S/C17H15NO3/c19-15-9-5-4-8-13(15)11-18-16(20)10-14(17(18)21)12-6-2-1-3-7-12/h1-9,14,19H,10-11H2. The molecule has 3 rings (SSSR count). The average Bonchev–Trinajstić information content (AvgIpc) is 2.78. The molecule has 1 unspecified atom stereocenters. The van der Waals surface area contributed by atoms with Crippen molar-refractivity contribution in [3.05, 3.63) is 65.7 Å². The smallest absolute Gasteiger partial charge is 0.237 e. The van der Waals surface area contributed by atoms with Crippen molar-refractivity contribution in [2.45, 2.75) is 18.9 Å². The van der Waals surface area contributed by atoms with Gasteiger partial charge in [0.15, 0.2) is 0 Å². The number of benzene rings is 2. The van der Waals surface area contributed by atoms with Crippen molar-refractivity contribution in [3.8, 4) is 5.75 Å². The highest BCUT2D eigenvalue weighted by molar-refractivity contribution is 6.06. The van der Waals surface area contributed by atoms with Gasteiger partial charge < -0.3 is 5.11 Å². The van der Waals surface area contributed by atoms with Crippen LogP contribution in [0.15, 0.2) is 54.6 Å². The summed E-state index contributed by atoms with van der Waals surface area (Å²) in [6.45, 7) is 0.119. The average molecular weight is 281 g/mol. The first-order chi connectivity index (χ1) is 10.2. The zero-order valence-corrected chi connectivity index (χ0v) is 11.4. The van der Waals surface area contributed by atoms with Gasteiger partial charge in [-0.05, 0) is 11.6 Å². The largest absolute Gasteiger partial charge is 0.508 e. The molecule has 0 aliphatic carbocycles. The lowest BCUT2D eigenvalue weighted by Crippen LogP contribution is -2.29. The summed E-state index contributed by atoms with van der Waals surface area (Å²) in [6.07, 6.45) is 0.191. The molecule has 0 spiro atoms. The van der Waals surface area contributed by atoms with E-state index < -0.39 is 5.92 Å². The third-order valence-electron chi connectivity index (χ3n) is 3.77. The summed E-state index contributed by atoms with van der Waals surface area (Å²) < 4.78 is 0. The van der Waals surface area contributed by atoms with Crippen LogP contribution in [0, 0.1) is 0 Å². The van der Waals surface area contributed by atoms with E-state index in [4.69, 9.17) is 0 Å². The maximum Gasteiger partial charge on any atom is 0.237 e. The molecule has 0 bridgehead atoms. The first-order valence-electron chi connectivity index (χ1n) is 6.83. The zero-order chi connectivity index (χ0) is 14.8. The normalized spacial score (nSPS) is 18.3. The molecule has 1 saturated heterocycles.